The van der Waals surface area contributed by atoms with Crippen molar-refractivity contribution in [2.75, 3.05) is 0 Å². The third-order valence-electron chi connectivity index (χ3n) is 11.5. The first kappa shape index (κ1) is 36.6. The summed E-state index contributed by atoms with van der Waals surface area (Å²) in [6.45, 7) is 20.0. The number of nitrogens with zero attached hydrogens (tertiary/aromatic N) is 6. The van der Waals surface area contributed by atoms with E-state index in [4.69, 9.17) is 29.9 Å². The molecule has 5 heterocycles. The minimum absolute atomic E-state index is 0.0735. The first-order chi connectivity index (χ1) is 28.1. The fourth-order valence-electron chi connectivity index (χ4n) is 7.95. The molecule has 1 aliphatic carbocycles. The Morgan fingerprint density at radius 1 is 0.441 bits per heavy atom. The summed E-state index contributed by atoms with van der Waals surface area (Å²) < 4.78 is 0. The molecule has 4 aromatic carbocycles. The maximum Gasteiger partial charge on any atom is 0.164 e. The number of fused-ring (bicyclic) bond motifs is 20. The highest BCUT2D eigenvalue weighted by Gasteiger charge is 2.26. The molecule has 0 atom stereocenters. The van der Waals surface area contributed by atoms with Crippen molar-refractivity contribution in [3.05, 3.63) is 131 Å². The first-order valence-corrected chi connectivity index (χ1v) is 20.3. The van der Waals surface area contributed by atoms with Gasteiger partial charge < -0.3 is 9.97 Å². The van der Waals surface area contributed by atoms with Gasteiger partial charge in [0.15, 0.2) is 23.3 Å². The predicted molar refractivity (Wildman–Crippen MR) is 242 cm³/mol. The molecule has 0 unspecified atom stereocenters. The smallest absolute Gasteiger partial charge is 0.164 e. The van der Waals surface area contributed by atoms with E-state index in [2.05, 4.69) is 163 Å². The molecule has 3 aliphatic rings. The molecule has 0 saturated heterocycles. The van der Waals surface area contributed by atoms with Crippen LogP contribution >= 0.6 is 0 Å². The number of hydrogen-bond donors (Lipinski definition) is 2. The summed E-state index contributed by atoms with van der Waals surface area (Å²) in [5.74, 6) is 2.36. The molecule has 59 heavy (non-hydrogen) atoms. The van der Waals surface area contributed by atoms with Gasteiger partial charge in [0, 0.05) is 49.4 Å². The van der Waals surface area contributed by atoms with Gasteiger partial charge >= 0.3 is 0 Å². The van der Waals surface area contributed by atoms with Crippen LogP contribution in [0.3, 0.4) is 0 Å². The van der Waals surface area contributed by atoms with Gasteiger partial charge in [0.1, 0.15) is 22.6 Å². The van der Waals surface area contributed by atoms with Crippen molar-refractivity contribution in [2.45, 2.75) is 78.6 Å². The maximum absolute atomic E-state index is 5.32. The monoisotopic (exact) mass is 770 g/mol. The highest BCUT2D eigenvalue weighted by atomic mass is 15.1. The Morgan fingerprint density at radius 2 is 0.881 bits per heavy atom. The number of hydrogen-bond acceptors (Lipinski definition) is 6. The lowest BCUT2D eigenvalue weighted by atomic mass is 9.85. The van der Waals surface area contributed by atoms with Crippen LogP contribution in [0.2, 0.25) is 0 Å². The number of nitrogens with one attached hydrogen (secondary N) is 2. The molecule has 0 saturated carbocycles. The lowest BCUT2D eigenvalue weighted by Gasteiger charge is -2.19. The van der Waals surface area contributed by atoms with E-state index in [1.807, 2.05) is 18.2 Å². The van der Waals surface area contributed by atoms with Crippen LogP contribution in [-0.2, 0) is 16.2 Å². The zero-order valence-corrected chi connectivity index (χ0v) is 35.0. The summed E-state index contributed by atoms with van der Waals surface area (Å²) in [4.78, 5) is 38.9. The molecule has 8 bridgehead atoms. The molecule has 0 spiro atoms. The molecule has 3 aromatic heterocycles. The van der Waals surface area contributed by atoms with Crippen LogP contribution in [0.1, 0.15) is 84.6 Å². The molecular formula is C51H46N8. The fraction of sp³-hybridized carbons (Fsp3) is 0.235. The van der Waals surface area contributed by atoms with Crippen LogP contribution < -0.4 is 0 Å². The first-order valence-electron chi connectivity index (χ1n) is 20.3. The molecule has 0 radical (unpaired) electrons. The molecule has 290 valence electrons. The van der Waals surface area contributed by atoms with Gasteiger partial charge in [-0.25, -0.2) is 29.9 Å². The van der Waals surface area contributed by atoms with Gasteiger partial charge in [-0.05, 0) is 87.1 Å². The molecule has 8 heteroatoms. The van der Waals surface area contributed by atoms with Crippen LogP contribution in [0.15, 0.2) is 108 Å². The summed E-state index contributed by atoms with van der Waals surface area (Å²) in [5.41, 5.74) is 15.1. The minimum Gasteiger partial charge on any atom is -0.324 e. The SMILES string of the molecule is CC(C)(C)c1ccc2c(c1)-c1nc-2nc2[nH]c(nc3nc(nc4[nH]c(n1)c1ccc(/C=C/C5=C=CC=C5)cc41)-c1ccc(C(C)(C)C)cc1-3)c1ccc(C(C)(C)C)cc21. The number of rotatable bonds is 2. The maximum atomic E-state index is 5.32. The second kappa shape index (κ2) is 12.9. The third kappa shape index (κ3) is 6.41. The average Bonchev–Trinajstić information content (AvgIpc) is 4.02. The van der Waals surface area contributed by atoms with E-state index in [1.165, 1.54) is 16.7 Å². The van der Waals surface area contributed by atoms with Crippen molar-refractivity contribution in [3.63, 3.8) is 0 Å². The van der Waals surface area contributed by atoms with Crippen LogP contribution in [0.5, 0.6) is 0 Å². The summed E-state index contributed by atoms with van der Waals surface area (Å²) in [5, 5.41) is 3.78. The standard InChI is InChI=1S/C51H46N8/c1-49(2,3)30-17-21-34-38(25-30)47-55-42(34)53-45-37-24-29(15-14-28-12-10-11-13-28)16-20-33(37)41(52-45)54-46-39-26-31(50(4,5)6)18-22-35(39)43(56-46)58-48-40-27-32(51(7,8)9)19-23-36(40)44(57-47)59-48/h10-12,14-27H,1-9H3,(H2,52,53,54,55,56,57,58,59)/b15-14+. The molecule has 10 rings (SSSR count). The molecule has 7 aromatic rings. The van der Waals surface area contributed by atoms with E-state index >= 15 is 0 Å². The van der Waals surface area contributed by atoms with E-state index < -0.39 is 0 Å². The Morgan fingerprint density at radius 3 is 1.37 bits per heavy atom. The minimum atomic E-state index is -0.0818. The van der Waals surface area contributed by atoms with Gasteiger partial charge in [0.05, 0.1) is 0 Å². The van der Waals surface area contributed by atoms with Crippen molar-refractivity contribution in [2.24, 2.45) is 0 Å². The van der Waals surface area contributed by atoms with E-state index in [0.717, 1.165) is 54.9 Å². The van der Waals surface area contributed by atoms with E-state index in [9.17, 15) is 0 Å². The average molecular weight is 771 g/mol. The second-order valence-electron chi connectivity index (χ2n) is 18.9. The molecular weight excluding hydrogens is 725 g/mol. The normalized spacial score (nSPS) is 13.8. The van der Waals surface area contributed by atoms with Gasteiger partial charge in [0.2, 0.25) is 0 Å². The van der Waals surface area contributed by atoms with Gasteiger partial charge in [-0.3, -0.25) is 0 Å². The van der Waals surface area contributed by atoms with E-state index in [1.54, 1.807) is 0 Å². The number of aromatic amines is 2. The van der Waals surface area contributed by atoms with Crippen molar-refractivity contribution in [3.8, 4) is 45.6 Å². The summed E-state index contributed by atoms with van der Waals surface area (Å²) >= 11 is 0. The Hall–Kier alpha value is -6.76. The molecule has 2 N–H and O–H groups in total. The number of aromatic nitrogens is 8. The highest BCUT2D eigenvalue weighted by molar-refractivity contribution is 6.07. The lowest BCUT2D eigenvalue weighted by molar-refractivity contribution is 0.590. The lowest BCUT2D eigenvalue weighted by Crippen LogP contribution is -2.10. The van der Waals surface area contributed by atoms with Gasteiger partial charge in [0.25, 0.3) is 0 Å². The van der Waals surface area contributed by atoms with Crippen LogP contribution in [0.4, 0.5) is 0 Å². The zero-order chi connectivity index (χ0) is 41.0. The molecule has 8 nitrogen and oxygen atoms in total. The van der Waals surface area contributed by atoms with E-state index in [-0.39, 0.29) is 16.2 Å². The molecule has 0 amide bonds. The fourth-order valence-corrected chi connectivity index (χ4v) is 7.95. The molecule has 0 fully saturated rings. The van der Waals surface area contributed by atoms with Crippen molar-refractivity contribution < 1.29 is 0 Å². The van der Waals surface area contributed by atoms with Gasteiger partial charge in [-0.2, -0.15) is 0 Å². The van der Waals surface area contributed by atoms with Crippen molar-refractivity contribution >= 4 is 50.2 Å². The van der Waals surface area contributed by atoms with Crippen molar-refractivity contribution in [1.29, 1.82) is 0 Å². The summed E-state index contributed by atoms with van der Waals surface area (Å²) in [7, 11) is 0. The quantitative estimate of drug-likeness (QED) is 0.169. The van der Waals surface area contributed by atoms with E-state index in [0.29, 0.717) is 45.9 Å². The Balaban J connectivity index is 1.34. The van der Waals surface area contributed by atoms with Crippen LogP contribution in [0, 0.1) is 0 Å². The zero-order valence-electron chi connectivity index (χ0n) is 35.0. The Bertz CT molecular complexity index is 3230. The second-order valence-corrected chi connectivity index (χ2v) is 18.9. The number of allylic oxidation sites excluding steroid dienone is 4. The third-order valence-corrected chi connectivity index (χ3v) is 11.5. The van der Waals surface area contributed by atoms with Gasteiger partial charge in [-0.15, -0.1) is 5.73 Å². The van der Waals surface area contributed by atoms with Crippen molar-refractivity contribution in [1.82, 2.24) is 39.9 Å². The van der Waals surface area contributed by atoms with Crippen LogP contribution in [-0.4, -0.2) is 39.9 Å². The Kier molecular flexibility index (Phi) is 7.98. The topological polar surface area (TPSA) is 109 Å². The predicted octanol–water partition coefficient (Wildman–Crippen LogP) is 12.4. The Labute approximate surface area is 343 Å². The molecule has 2 aliphatic heterocycles. The largest absolute Gasteiger partial charge is 0.324 e. The van der Waals surface area contributed by atoms with Gasteiger partial charge in [-0.1, -0.05) is 117 Å². The summed E-state index contributed by atoms with van der Waals surface area (Å²) in [6.07, 6.45) is 10.1. The summed E-state index contributed by atoms with van der Waals surface area (Å²) in [6, 6.07) is 26.0. The van der Waals surface area contributed by atoms with Crippen LogP contribution in [0.25, 0.3) is 95.8 Å². The highest BCUT2D eigenvalue weighted by Crippen LogP contribution is 2.40. The number of benzene rings is 4. The number of H-pyrrole nitrogens is 2.